The van der Waals surface area contributed by atoms with Gasteiger partial charge in [0, 0.05) is 40.9 Å². The number of benzene rings is 3. The molecule has 190 valence electrons. The van der Waals surface area contributed by atoms with E-state index in [4.69, 9.17) is 9.47 Å². The van der Waals surface area contributed by atoms with E-state index in [2.05, 4.69) is 47.1 Å². The molecule has 0 unspecified atom stereocenters. The fraction of sp³-hybridized carbons (Fsp3) is 0.323. The molecule has 6 heteroatoms. The third-order valence-electron chi connectivity index (χ3n) is 7.72. The third-order valence-corrected chi connectivity index (χ3v) is 7.72. The predicted octanol–water partition coefficient (Wildman–Crippen LogP) is 6.91. The molecular formula is C31H32N2O4. The maximum atomic E-state index is 11.5. The Morgan fingerprint density at radius 3 is 2.65 bits per heavy atom. The van der Waals surface area contributed by atoms with E-state index < -0.39 is 6.16 Å². The number of rotatable bonds is 7. The quantitative estimate of drug-likeness (QED) is 0.215. The first-order chi connectivity index (χ1) is 18.1. The van der Waals surface area contributed by atoms with E-state index in [1.165, 1.54) is 29.7 Å². The van der Waals surface area contributed by atoms with Crippen molar-refractivity contribution in [3.8, 4) is 22.8 Å². The highest BCUT2D eigenvalue weighted by Gasteiger charge is 2.26. The molecule has 2 N–H and O–H groups in total. The lowest BCUT2D eigenvalue weighted by Crippen LogP contribution is -2.34. The molecule has 3 heterocycles. The summed E-state index contributed by atoms with van der Waals surface area (Å²) in [7, 11) is 0. The zero-order valence-electron chi connectivity index (χ0n) is 21.2. The number of aromatic amines is 1. The zero-order chi connectivity index (χ0) is 25.4. The Balaban J connectivity index is 1.25. The Morgan fingerprint density at radius 1 is 1.00 bits per heavy atom. The highest BCUT2D eigenvalue weighted by molar-refractivity contribution is 5.98. The summed E-state index contributed by atoms with van der Waals surface area (Å²) in [5.74, 6) is 1.29. The van der Waals surface area contributed by atoms with Crippen molar-refractivity contribution in [3.63, 3.8) is 0 Å². The maximum Gasteiger partial charge on any atom is 0.512 e. The number of hydrogen-bond acceptors (Lipinski definition) is 4. The highest BCUT2D eigenvalue weighted by Crippen LogP contribution is 2.41. The van der Waals surface area contributed by atoms with Gasteiger partial charge in [-0.2, -0.15) is 0 Å². The van der Waals surface area contributed by atoms with Gasteiger partial charge in [-0.15, -0.1) is 0 Å². The summed E-state index contributed by atoms with van der Waals surface area (Å²) in [6.07, 6.45) is 4.68. The van der Waals surface area contributed by atoms with E-state index in [1.54, 1.807) is 0 Å². The normalized spacial score (nSPS) is 14.5. The topological polar surface area (TPSA) is 74.8 Å². The molecule has 37 heavy (non-hydrogen) atoms. The first kappa shape index (κ1) is 23.5. The van der Waals surface area contributed by atoms with Gasteiger partial charge in [-0.1, -0.05) is 48.5 Å². The van der Waals surface area contributed by atoms with E-state index in [9.17, 15) is 9.90 Å². The lowest BCUT2D eigenvalue weighted by molar-refractivity contribution is 0.142. The molecule has 0 saturated carbocycles. The monoisotopic (exact) mass is 496 g/mol. The van der Waals surface area contributed by atoms with Gasteiger partial charge < -0.3 is 24.5 Å². The number of para-hydroxylation sites is 1. The molecule has 6 rings (SSSR count). The van der Waals surface area contributed by atoms with Crippen LogP contribution >= 0.6 is 0 Å². The Hall–Kier alpha value is -3.93. The molecule has 3 aromatic carbocycles. The molecule has 1 aromatic heterocycles. The van der Waals surface area contributed by atoms with Crippen LogP contribution in [0.5, 0.6) is 11.6 Å². The van der Waals surface area contributed by atoms with Gasteiger partial charge in [0.05, 0.1) is 12.1 Å². The molecule has 2 aliphatic heterocycles. The largest absolute Gasteiger partial charge is 0.512 e. The minimum Gasteiger partial charge on any atom is -0.493 e. The average Bonchev–Trinajstić information content (AvgIpc) is 3.25. The molecule has 0 spiro atoms. The molecule has 0 radical (unpaired) electrons. The predicted molar refractivity (Wildman–Crippen MR) is 146 cm³/mol. The van der Waals surface area contributed by atoms with E-state index in [0.29, 0.717) is 18.9 Å². The summed E-state index contributed by atoms with van der Waals surface area (Å²) < 4.78 is 11.5. The Morgan fingerprint density at radius 2 is 1.81 bits per heavy atom. The number of nitrogens with one attached hydrogen (secondary N) is 1. The van der Waals surface area contributed by atoms with E-state index >= 15 is 0 Å². The number of ether oxygens (including phenoxy) is 2. The van der Waals surface area contributed by atoms with Gasteiger partial charge in [0.15, 0.2) is 0 Å². The van der Waals surface area contributed by atoms with Gasteiger partial charge in [0.2, 0.25) is 5.88 Å². The van der Waals surface area contributed by atoms with Crippen LogP contribution in [0.1, 0.15) is 41.5 Å². The van der Waals surface area contributed by atoms with Gasteiger partial charge in [-0.3, -0.25) is 0 Å². The lowest BCUT2D eigenvalue weighted by atomic mass is 9.91. The van der Waals surface area contributed by atoms with Crippen LogP contribution in [-0.2, 0) is 19.3 Å². The summed E-state index contributed by atoms with van der Waals surface area (Å²) in [5.41, 5.74) is 9.28. The standard InChI is InChI=1S/C31H32N2O4/c1-20-8-2-3-10-22(20)23-11-4-12-24-25(30(32-28(23)24)37-31(34)35)14-7-19-36-27-16-15-21-9-5-17-33-18-6-13-26(27)29(21)33/h2-4,8,10-12,15-16,32H,5-7,9,13-14,17-19H2,1H3,(H,34,35). The summed E-state index contributed by atoms with van der Waals surface area (Å²) in [6, 6.07) is 18.7. The fourth-order valence-corrected chi connectivity index (χ4v) is 6.08. The minimum absolute atomic E-state index is 0.294. The van der Waals surface area contributed by atoms with Gasteiger partial charge in [0.25, 0.3) is 0 Å². The molecule has 6 nitrogen and oxygen atoms in total. The van der Waals surface area contributed by atoms with Crippen molar-refractivity contribution in [3.05, 3.63) is 76.9 Å². The van der Waals surface area contributed by atoms with E-state index in [0.717, 1.165) is 71.3 Å². The van der Waals surface area contributed by atoms with Crippen molar-refractivity contribution in [1.82, 2.24) is 4.98 Å². The average molecular weight is 497 g/mol. The summed E-state index contributed by atoms with van der Waals surface area (Å²) in [6.45, 7) is 4.92. The van der Waals surface area contributed by atoms with E-state index in [-0.39, 0.29) is 0 Å². The van der Waals surface area contributed by atoms with Crippen LogP contribution in [0, 0.1) is 6.92 Å². The van der Waals surface area contributed by atoms with Crippen LogP contribution in [0.15, 0.2) is 54.6 Å². The Bertz CT molecular complexity index is 1470. The number of carbonyl (C=O) groups is 1. The molecule has 2 aliphatic rings. The summed E-state index contributed by atoms with van der Waals surface area (Å²) in [4.78, 5) is 17.3. The molecule has 0 amide bonds. The number of aryl methyl sites for hydroxylation is 3. The fourth-order valence-electron chi connectivity index (χ4n) is 6.08. The SMILES string of the molecule is Cc1ccccc1-c1cccc2c(CCCOc3ccc4c5c3CCCN5CCC4)c(OC(=O)O)[nH]c12. The van der Waals surface area contributed by atoms with Crippen molar-refractivity contribution in [2.45, 2.75) is 45.4 Å². The maximum absolute atomic E-state index is 11.5. The van der Waals surface area contributed by atoms with Crippen LogP contribution in [0.25, 0.3) is 22.0 Å². The minimum atomic E-state index is -1.32. The lowest BCUT2D eigenvalue weighted by Gasteiger charge is -2.37. The number of nitrogens with zero attached hydrogens (tertiary/aromatic N) is 1. The number of fused-ring (bicyclic) bond motifs is 1. The van der Waals surface area contributed by atoms with Gasteiger partial charge >= 0.3 is 6.16 Å². The molecule has 0 atom stereocenters. The second-order valence-corrected chi connectivity index (χ2v) is 10.0. The smallest absolute Gasteiger partial charge is 0.493 e. The molecular weight excluding hydrogens is 464 g/mol. The van der Waals surface area contributed by atoms with Crippen LogP contribution < -0.4 is 14.4 Å². The van der Waals surface area contributed by atoms with Gasteiger partial charge in [-0.05, 0) is 68.2 Å². The van der Waals surface area contributed by atoms with Crippen molar-refractivity contribution in [2.24, 2.45) is 0 Å². The Labute approximate surface area is 216 Å². The van der Waals surface area contributed by atoms with Crippen LogP contribution in [0.4, 0.5) is 10.5 Å². The molecule has 4 aromatic rings. The first-order valence-corrected chi connectivity index (χ1v) is 13.2. The van der Waals surface area contributed by atoms with Crippen LogP contribution in [0.2, 0.25) is 0 Å². The van der Waals surface area contributed by atoms with E-state index in [1.807, 2.05) is 24.3 Å². The number of carboxylic acid groups (broad SMARTS) is 1. The highest BCUT2D eigenvalue weighted by atomic mass is 16.7. The second-order valence-electron chi connectivity index (χ2n) is 10.0. The summed E-state index contributed by atoms with van der Waals surface area (Å²) >= 11 is 0. The van der Waals surface area contributed by atoms with Gasteiger partial charge in [-0.25, -0.2) is 4.79 Å². The number of aromatic nitrogens is 1. The number of anilines is 1. The van der Waals surface area contributed by atoms with Crippen molar-refractivity contribution in [1.29, 1.82) is 0 Å². The first-order valence-electron chi connectivity index (χ1n) is 13.2. The molecule has 0 fully saturated rings. The Kier molecular flexibility index (Phi) is 6.25. The molecule has 0 bridgehead atoms. The second kappa shape index (κ2) is 9.85. The van der Waals surface area contributed by atoms with Crippen LogP contribution in [-0.4, -0.2) is 35.9 Å². The number of H-pyrrole nitrogens is 1. The van der Waals surface area contributed by atoms with Gasteiger partial charge in [0.1, 0.15) is 5.75 Å². The summed E-state index contributed by atoms with van der Waals surface area (Å²) in [5, 5.41) is 10.4. The zero-order valence-corrected chi connectivity index (χ0v) is 21.2. The number of hydrogen-bond donors (Lipinski definition) is 2. The van der Waals surface area contributed by atoms with Crippen molar-refractivity contribution >= 4 is 22.7 Å². The van der Waals surface area contributed by atoms with Crippen molar-refractivity contribution < 1.29 is 19.4 Å². The van der Waals surface area contributed by atoms with Crippen molar-refractivity contribution in [2.75, 3.05) is 24.6 Å². The third kappa shape index (κ3) is 4.41. The molecule has 0 aliphatic carbocycles. The van der Waals surface area contributed by atoms with Crippen LogP contribution in [0.3, 0.4) is 0 Å². The molecule has 0 saturated heterocycles.